The Bertz CT molecular complexity index is 616. The Kier molecular flexibility index (Phi) is 5.33. The molecule has 0 bridgehead atoms. The van der Waals surface area contributed by atoms with Crippen LogP contribution in [0.25, 0.3) is 0 Å². The molecule has 0 saturated carbocycles. The minimum atomic E-state index is 0.156. The normalized spacial score (nSPS) is 10.2. The highest BCUT2D eigenvalue weighted by Gasteiger charge is 2.05. The van der Waals surface area contributed by atoms with Crippen LogP contribution < -0.4 is 14.8 Å². The number of ether oxygens (including phenoxy) is 2. The van der Waals surface area contributed by atoms with Crippen LogP contribution in [0, 0.1) is 0 Å². The zero-order chi connectivity index (χ0) is 15.2. The van der Waals surface area contributed by atoms with E-state index < -0.39 is 0 Å². The summed E-state index contributed by atoms with van der Waals surface area (Å²) in [5.74, 6) is 1.45. The minimum Gasteiger partial charge on any atom is -0.504 e. The number of methoxy groups -OCH3 is 1. The first kappa shape index (κ1) is 15.5. The molecular formula is C16H18BrNO3. The van der Waals surface area contributed by atoms with Crippen LogP contribution in [0.15, 0.2) is 40.9 Å². The molecule has 0 saturated heterocycles. The van der Waals surface area contributed by atoms with Crippen LogP contribution in [0.2, 0.25) is 0 Å². The van der Waals surface area contributed by atoms with Gasteiger partial charge in [0.25, 0.3) is 0 Å². The number of halogens is 1. The van der Waals surface area contributed by atoms with E-state index >= 15 is 0 Å². The third-order valence-corrected chi connectivity index (χ3v) is 3.67. The molecule has 0 aliphatic heterocycles. The second kappa shape index (κ2) is 7.22. The Hall–Kier alpha value is -1.88. The van der Waals surface area contributed by atoms with Gasteiger partial charge in [-0.25, -0.2) is 0 Å². The fourth-order valence-corrected chi connectivity index (χ4v) is 2.29. The van der Waals surface area contributed by atoms with Crippen LogP contribution in [0.4, 0.5) is 5.69 Å². The van der Waals surface area contributed by atoms with Gasteiger partial charge in [0, 0.05) is 17.1 Å². The number of hydrogen-bond acceptors (Lipinski definition) is 4. The molecule has 4 nitrogen and oxygen atoms in total. The summed E-state index contributed by atoms with van der Waals surface area (Å²) in [7, 11) is 1.64. The SMILES string of the molecule is CCOc1cc(CNc2cc(OC)ccc2Br)ccc1O. The lowest BCUT2D eigenvalue weighted by Gasteiger charge is -2.12. The standard InChI is InChI=1S/C16H18BrNO3/c1-3-21-16-8-11(4-7-15(16)19)10-18-14-9-12(20-2)5-6-13(14)17/h4-9,18-19H,3,10H2,1-2H3. The Morgan fingerprint density at radius 3 is 2.71 bits per heavy atom. The molecule has 0 heterocycles. The number of aromatic hydroxyl groups is 1. The quantitative estimate of drug-likeness (QED) is 0.819. The van der Waals surface area contributed by atoms with Gasteiger partial charge < -0.3 is 19.9 Å². The highest BCUT2D eigenvalue weighted by Crippen LogP contribution is 2.29. The first-order valence-electron chi connectivity index (χ1n) is 6.66. The Morgan fingerprint density at radius 1 is 1.19 bits per heavy atom. The van der Waals surface area contributed by atoms with Crippen LogP contribution in [-0.2, 0) is 6.54 Å². The molecule has 2 aromatic rings. The smallest absolute Gasteiger partial charge is 0.161 e. The summed E-state index contributed by atoms with van der Waals surface area (Å²) in [6.45, 7) is 3.02. The summed E-state index contributed by atoms with van der Waals surface area (Å²) < 4.78 is 11.6. The average Bonchev–Trinajstić information content (AvgIpc) is 2.49. The zero-order valence-corrected chi connectivity index (χ0v) is 13.6. The molecule has 0 aromatic heterocycles. The van der Waals surface area contributed by atoms with Gasteiger partial charge in [0.1, 0.15) is 5.75 Å². The van der Waals surface area contributed by atoms with E-state index in [-0.39, 0.29) is 5.75 Å². The van der Waals surface area contributed by atoms with Crippen molar-refractivity contribution in [1.82, 2.24) is 0 Å². The summed E-state index contributed by atoms with van der Waals surface area (Å²) in [5.41, 5.74) is 1.96. The van der Waals surface area contributed by atoms with Crippen molar-refractivity contribution < 1.29 is 14.6 Å². The Labute approximate surface area is 132 Å². The summed E-state index contributed by atoms with van der Waals surface area (Å²) in [4.78, 5) is 0. The van der Waals surface area contributed by atoms with Crippen molar-refractivity contribution in [3.63, 3.8) is 0 Å². The molecule has 2 rings (SSSR count). The van der Waals surface area contributed by atoms with E-state index in [0.29, 0.717) is 18.9 Å². The predicted molar refractivity (Wildman–Crippen MR) is 87.3 cm³/mol. The lowest BCUT2D eigenvalue weighted by molar-refractivity contribution is 0.318. The van der Waals surface area contributed by atoms with Crippen molar-refractivity contribution in [2.24, 2.45) is 0 Å². The fraction of sp³-hybridized carbons (Fsp3) is 0.250. The third-order valence-electron chi connectivity index (χ3n) is 2.98. The van der Waals surface area contributed by atoms with E-state index in [1.165, 1.54) is 0 Å². The molecular weight excluding hydrogens is 334 g/mol. The van der Waals surface area contributed by atoms with E-state index in [0.717, 1.165) is 21.5 Å². The van der Waals surface area contributed by atoms with Crippen molar-refractivity contribution in [3.05, 3.63) is 46.4 Å². The first-order chi connectivity index (χ1) is 10.1. The van der Waals surface area contributed by atoms with Gasteiger partial charge in [0.05, 0.1) is 19.4 Å². The summed E-state index contributed by atoms with van der Waals surface area (Å²) in [6, 6.07) is 11.1. The van der Waals surface area contributed by atoms with Crippen molar-refractivity contribution in [3.8, 4) is 17.2 Å². The third kappa shape index (κ3) is 4.04. The summed E-state index contributed by atoms with van der Waals surface area (Å²) in [6.07, 6.45) is 0. The van der Waals surface area contributed by atoms with E-state index in [1.54, 1.807) is 13.2 Å². The molecule has 21 heavy (non-hydrogen) atoms. The number of nitrogens with one attached hydrogen (secondary N) is 1. The number of anilines is 1. The first-order valence-corrected chi connectivity index (χ1v) is 7.45. The molecule has 2 aromatic carbocycles. The predicted octanol–water partition coefficient (Wildman–Crippen LogP) is 4.17. The molecule has 0 atom stereocenters. The van der Waals surface area contributed by atoms with Gasteiger partial charge in [-0.1, -0.05) is 6.07 Å². The highest BCUT2D eigenvalue weighted by molar-refractivity contribution is 9.10. The van der Waals surface area contributed by atoms with Crippen LogP contribution >= 0.6 is 15.9 Å². The van der Waals surface area contributed by atoms with Crippen molar-refractivity contribution >= 4 is 21.6 Å². The van der Waals surface area contributed by atoms with Crippen molar-refractivity contribution in [1.29, 1.82) is 0 Å². The van der Waals surface area contributed by atoms with Crippen LogP contribution in [0.1, 0.15) is 12.5 Å². The lowest BCUT2D eigenvalue weighted by atomic mass is 10.2. The Balaban J connectivity index is 2.11. The number of phenolic OH excluding ortho intramolecular Hbond substituents is 1. The van der Waals surface area contributed by atoms with Gasteiger partial charge in [0.2, 0.25) is 0 Å². The monoisotopic (exact) mass is 351 g/mol. The molecule has 2 N–H and O–H groups in total. The molecule has 0 spiro atoms. The van der Waals surface area contributed by atoms with Gasteiger partial charge in [-0.05, 0) is 52.7 Å². The second-order valence-corrected chi connectivity index (χ2v) is 5.29. The Morgan fingerprint density at radius 2 is 2.00 bits per heavy atom. The molecule has 0 unspecified atom stereocenters. The highest BCUT2D eigenvalue weighted by atomic mass is 79.9. The van der Waals surface area contributed by atoms with Crippen LogP contribution in [0.5, 0.6) is 17.2 Å². The lowest BCUT2D eigenvalue weighted by Crippen LogP contribution is -2.01. The zero-order valence-electron chi connectivity index (χ0n) is 12.0. The average molecular weight is 352 g/mol. The number of hydrogen-bond donors (Lipinski definition) is 2. The minimum absolute atomic E-state index is 0.156. The molecule has 0 fully saturated rings. The molecule has 0 aliphatic rings. The summed E-state index contributed by atoms with van der Waals surface area (Å²) >= 11 is 3.50. The van der Waals surface area contributed by atoms with Gasteiger partial charge >= 0.3 is 0 Å². The number of rotatable bonds is 6. The largest absolute Gasteiger partial charge is 0.504 e. The number of benzene rings is 2. The molecule has 5 heteroatoms. The molecule has 0 aliphatic carbocycles. The van der Waals surface area contributed by atoms with Crippen LogP contribution in [-0.4, -0.2) is 18.8 Å². The molecule has 0 radical (unpaired) electrons. The van der Waals surface area contributed by atoms with E-state index in [4.69, 9.17) is 9.47 Å². The van der Waals surface area contributed by atoms with Crippen molar-refractivity contribution in [2.45, 2.75) is 13.5 Å². The summed E-state index contributed by atoms with van der Waals surface area (Å²) in [5, 5.41) is 13.0. The van der Waals surface area contributed by atoms with Gasteiger partial charge in [-0.15, -0.1) is 0 Å². The molecule has 0 amide bonds. The van der Waals surface area contributed by atoms with E-state index in [2.05, 4.69) is 21.2 Å². The van der Waals surface area contributed by atoms with Gasteiger partial charge in [-0.2, -0.15) is 0 Å². The maximum atomic E-state index is 9.69. The van der Waals surface area contributed by atoms with Gasteiger partial charge in [-0.3, -0.25) is 0 Å². The van der Waals surface area contributed by atoms with E-state index in [1.807, 2.05) is 37.3 Å². The van der Waals surface area contributed by atoms with Gasteiger partial charge in [0.15, 0.2) is 11.5 Å². The topological polar surface area (TPSA) is 50.7 Å². The fourth-order valence-electron chi connectivity index (χ4n) is 1.90. The van der Waals surface area contributed by atoms with E-state index in [9.17, 15) is 5.11 Å². The second-order valence-electron chi connectivity index (χ2n) is 4.43. The van der Waals surface area contributed by atoms with Crippen molar-refractivity contribution in [2.75, 3.05) is 19.0 Å². The van der Waals surface area contributed by atoms with Crippen LogP contribution in [0.3, 0.4) is 0 Å². The maximum Gasteiger partial charge on any atom is 0.161 e. The number of phenols is 1. The maximum absolute atomic E-state index is 9.69. The molecule has 112 valence electrons.